The lowest BCUT2D eigenvalue weighted by atomic mass is 9.70. The number of aryl methyl sites for hydroxylation is 1. The molecule has 134 valence electrons. The van der Waals surface area contributed by atoms with Gasteiger partial charge in [-0.25, -0.2) is 0 Å². The van der Waals surface area contributed by atoms with Gasteiger partial charge in [-0.15, -0.1) is 0 Å². The van der Waals surface area contributed by atoms with Crippen molar-refractivity contribution in [1.82, 2.24) is 10.3 Å². The van der Waals surface area contributed by atoms with Crippen LogP contribution >= 0.6 is 11.6 Å². The van der Waals surface area contributed by atoms with Crippen molar-refractivity contribution < 1.29 is 14.8 Å². The van der Waals surface area contributed by atoms with Crippen LogP contribution in [0.15, 0.2) is 36.7 Å². The fourth-order valence-corrected chi connectivity index (χ4v) is 4.09. The number of anilines is 1. The molecule has 1 atom stereocenters. The lowest BCUT2D eigenvalue weighted by Gasteiger charge is -2.32. The van der Waals surface area contributed by atoms with Crippen LogP contribution in [-0.2, 0) is 17.6 Å². The predicted molar refractivity (Wildman–Crippen MR) is 96.4 cm³/mol. The molecule has 6 nitrogen and oxygen atoms in total. The van der Waals surface area contributed by atoms with Gasteiger partial charge in [-0.2, -0.15) is 5.06 Å². The van der Waals surface area contributed by atoms with Crippen molar-refractivity contribution in [2.24, 2.45) is 5.41 Å². The molecule has 0 unspecified atom stereocenters. The third-order valence-corrected chi connectivity index (χ3v) is 5.69. The first kappa shape index (κ1) is 17.0. The van der Waals surface area contributed by atoms with Crippen LogP contribution in [-0.4, -0.2) is 28.6 Å². The highest BCUT2D eigenvalue weighted by molar-refractivity contribution is 6.33. The number of amides is 2. The quantitative estimate of drug-likeness (QED) is 0.628. The van der Waals surface area contributed by atoms with Gasteiger partial charge in [-0.1, -0.05) is 17.7 Å². The molecule has 26 heavy (non-hydrogen) atoms. The predicted octanol–water partition coefficient (Wildman–Crippen LogP) is 2.77. The van der Waals surface area contributed by atoms with Gasteiger partial charge in [0.25, 0.3) is 5.91 Å². The lowest BCUT2D eigenvalue weighted by Crippen LogP contribution is -2.36. The Hall–Kier alpha value is -2.44. The number of aromatic nitrogens is 1. The van der Waals surface area contributed by atoms with E-state index < -0.39 is 5.91 Å². The summed E-state index contributed by atoms with van der Waals surface area (Å²) in [7, 11) is 0. The monoisotopic (exact) mass is 371 g/mol. The first-order valence-electron chi connectivity index (χ1n) is 8.53. The highest BCUT2D eigenvalue weighted by atomic mass is 35.5. The molecule has 2 heterocycles. The first-order chi connectivity index (χ1) is 12.5. The van der Waals surface area contributed by atoms with Crippen molar-refractivity contribution in [2.75, 3.05) is 11.6 Å². The summed E-state index contributed by atoms with van der Waals surface area (Å²) in [5.74, 6) is -0.419. The van der Waals surface area contributed by atoms with E-state index in [1.807, 2.05) is 6.07 Å². The number of carbonyl (C=O) groups is 2. The Bertz CT molecular complexity index is 901. The van der Waals surface area contributed by atoms with E-state index in [1.54, 1.807) is 12.1 Å². The number of pyridine rings is 1. The Labute approximate surface area is 155 Å². The molecule has 4 rings (SSSR count). The summed E-state index contributed by atoms with van der Waals surface area (Å²) in [6.45, 7) is 0.733. The second-order valence-corrected chi connectivity index (χ2v) is 7.30. The topological polar surface area (TPSA) is 82.5 Å². The third kappa shape index (κ3) is 2.75. The Morgan fingerprint density at radius 3 is 2.85 bits per heavy atom. The molecule has 2 amide bonds. The molecule has 0 bridgehead atoms. The maximum absolute atomic E-state index is 12.6. The minimum Gasteiger partial charge on any atom is -0.356 e. The SMILES string of the molecule is O=C(c1ccc2c(c1)CC[C@]1(CCNC1=O)C2)N(O)c1ccncc1Cl. The average Bonchev–Trinajstić information content (AvgIpc) is 3.00. The Balaban J connectivity index is 1.59. The van der Waals surface area contributed by atoms with Gasteiger partial charge in [0.1, 0.15) is 0 Å². The zero-order chi connectivity index (χ0) is 18.3. The van der Waals surface area contributed by atoms with Crippen molar-refractivity contribution in [3.05, 3.63) is 58.4 Å². The second-order valence-electron chi connectivity index (χ2n) is 6.89. The van der Waals surface area contributed by atoms with Crippen LogP contribution in [0.4, 0.5) is 5.69 Å². The zero-order valence-corrected chi connectivity index (χ0v) is 14.8. The molecule has 1 aliphatic carbocycles. The van der Waals surface area contributed by atoms with E-state index in [1.165, 1.54) is 18.5 Å². The molecule has 2 aromatic rings. The highest BCUT2D eigenvalue weighted by Gasteiger charge is 2.44. The van der Waals surface area contributed by atoms with E-state index >= 15 is 0 Å². The minimum atomic E-state index is -0.556. The van der Waals surface area contributed by atoms with Crippen LogP contribution in [0.5, 0.6) is 0 Å². The van der Waals surface area contributed by atoms with Crippen LogP contribution in [0, 0.1) is 5.41 Å². The molecule has 2 N–H and O–H groups in total. The zero-order valence-electron chi connectivity index (χ0n) is 14.0. The normalized spacial score (nSPS) is 21.4. The summed E-state index contributed by atoms with van der Waals surface area (Å²) in [5.41, 5.74) is 2.41. The van der Waals surface area contributed by atoms with Crippen LogP contribution in [0.2, 0.25) is 5.02 Å². The van der Waals surface area contributed by atoms with E-state index in [-0.39, 0.29) is 22.0 Å². The van der Waals surface area contributed by atoms with Gasteiger partial charge in [-0.05, 0) is 55.0 Å². The van der Waals surface area contributed by atoms with Crippen molar-refractivity contribution in [3.63, 3.8) is 0 Å². The van der Waals surface area contributed by atoms with Crippen LogP contribution in [0.3, 0.4) is 0 Å². The van der Waals surface area contributed by atoms with Crippen molar-refractivity contribution in [3.8, 4) is 0 Å². The van der Waals surface area contributed by atoms with E-state index in [0.717, 1.165) is 36.9 Å². The molecule has 1 aromatic heterocycles. The fraction of sp³-hybridized carbons (Fsp3) is 0.316. The third-order valence-electron chi connectivity index (χ3n) is 5.40. The summed E-state index contributed by atoms with van der Waals surface area (Å²) in [4.78, 5) is 28.7. The molecule has 7 heteroatoms. The number of hydrogen-bond donors (Lipinski definition) is 2. The summed E-state index contributed by atoms with van der Waals surface area (Å²) >= 11 is 5.99. The molecule has 1 spiro atoms. The van der Waals surface area contributed by atoms with E-state index in [2.05, 4.69) is 10.3 Å². The number of hydrogen-bond acceptors (Lipinski definition) is 4. The minimum absolute atomic E-state index is 0.136. The Kier molecular flexibility index (Phi) is 4.17. The number of halogens is 1. The molecular formula is C19H18ClN3O3. The standard InChI is InChI=1S/C19H18ClN3O3/c20-15-11-21-7-4-16(15)23(26)17(24)13-1-2-14-10-19(5-3-12(14)9-13)6-8-22-18(19)25/h1-2,4,7,9,11,26H,3,5-6,8,10H2,(H,22,25)/t19-/m0/s1. The van der Waals surface area contributed by atoms with Gasteiger partial charge in [0.15, 0.2) is 0 Å². The number of carbonyl (C=O) groups excluding carboxylic acids is 2. The maximum Gasteiger partial charge on any atom is 0.282 e. The molecule has 1 aliphatic heterocycles. The summed E-state index contributed by atoms with van der Waals surface area (Å²) in [6, 6.07) is 6.85. The Morgan fingerprint density at radius 1 is 1.27 bits per heavy atom. The summed E-state index contributed by atoms with van der Waals surface area (Å²) in [5, 5.41) is 13.9. The van der Waals surface area contributed by atoms with Crippen molar-refractivity contribution in [2.45, 2.75) is 25.7 Å². The number of rotatable bonds is 2. The number of benzene rings is 1. The molecule has 2 aliphatic rings. The number of nitrogens with one attached hydrogen (secondary N) is 1. The van der Waals surface area contributed by atoms with Gasteiger partial charge in [-0.3, -0.25) is 19.8 Å². The smallest absolute Gasteiger partial charge is 0.282 e. The number of fused-ring (bicyclic) bond motifs is 1. The van der Waals surface area contributed by atoms with Gasteiger partial charge < -0.3 is 5.32 Å². The number of hydroxylamine groups is 1. The van der Waals surface area contributed by atoms with Gasteiger partial charge >= 0.3 is 0 Å². The molecule has 0 radical (unpaired) electrons. The first-order valence-corrected chi connectivity index (χ1v) is 8.91. The molecule has 0 saturated carbocycles. The molecule has 1 aromatic carbocycles. The van der Waals surface area contributed by atoms with Gasteiger partial charge in [0, 0.05) is 24.5 Å². The van der Waals surface area contributed by atoms with E-state index in [4.69, 9.17) is 11.6 Å². The Morgan fingerprint density at radius 2 is 2.12 bits per heavy atom. The van der Waals surface area contributed by atoms with Crippen molar-refractivity contribution >= 4 is 29.1 Å². The number of nitrogens with zero attached hydrogens (tertiary/aromatic N) is 2. The molecule has 1 fully saturated rings. The van der Waals surface area contributed by atoms with E-state index in [9.17, 15) is 14.8 Å². The van der Waals surface area contributed by atoms with Crippen LogP contribution in [0.25, 0.3) is 0 Å². The largest absolute Gasteiger partial charge is 0.356 e. The molecular weight excluding hydrogens is 354 g/mol. The second kappa shape index (κ2) is 6.37. The summed E-state index contributed by atoms with van der Waals surface area (Å²) in [6.07, 6.45) is 5.90. The van der Waals surface area contributed by atoms with Gasteiger partial charge in [0.05, 0.1) is 16.1 Å². The highest BCUT2D eigenvalue weighted by Crippen LogP contribution is 2.41. The molecule has 1 saturated heterocycles. The average molecular weight is 372 g/mol. The van der Waals surface area contributed by atoms with E-state index in [0.29, 0.717) is 17.0 Å². The van der Waals surface area contributed by atoms with Gasteiger partial charge in [0.2, 0.25) is 5.91 Å². The fourth-order valence-electron chi connectivity index (χ4n) is 3.89. The maximum atomic E-state index is 12.6. The summed E-state index contributed by atoms with van der Waals surface area (Å²) < 4.78 is 0. The van der Waals surface area contributed by atoms with Crippen LogP contribution in [0.1, 0.15) is 34.3 Å². The lowest BCUT2D eigenvalue weighted by molar-refractivity contribution is -0.128. The van der Waals surface area contributed by atoms with Crippen molar-refractivity contribution in [1.29, 1.82) is 0 Å². The van der Waals surface area contributed by atoms with Crippen LogP contribution < -0.4 is 10.4 Å².